The number of phenolic OH excluding ortho intramolecular Hbond substituents is 2. The van der Waals surface area contributed by atoms with E-state index in [9.17, 15) is 19.8 Å². The van der Waals surface area contributed by atoms with Crippen molar-refractivity contribution in [2.75, 3.05) is 0 Å². The van der Waals surface area contributed by atoms with Crippen molar-refractivity contribution in [2.24, 2.45) is 0 Å². The summed E-state index contributed by atoms with van der Waals surface area (Å²) in [5, 5.41) is 19.7. The molecule has 24 heavy (non-hydrogen) atoms. The van der Waals surface area contributed by atoms with E-state index in [4.69, 9.17) is 16.3 Å². The fraction of sp³-hybridized carbons (Fsp3) is 0.222. The molecule has 0 bridgehead atoms. The maximum absolute atomic E-state index is 12.7. The molecule has 0 spiro atoms. The van der Waals surface area contributed by atoms with Gasteiger partial charge in [0, 0.05) is 30.0 Å². The molecule has 0 aliphatic carbocycles. The normalized spacial score (nSPS) is 17.7. The highest BCUT2D eigenvalue weighted by molar-refractivity contribution is 6.33. The van der Waals surface area contributed by atoms with Crippen LogP contribution in [-0.2, 0) is 17.6 Å². The molecule has 0 amide bonds. The van der Waals surface area contributed by atoms with Gasteiger partial charge in [0.1, 0.15) is 23.2 Å². The topological polar surface area (TPSA) is 83.8 Å². The number of hydrogen-bond acceptors (Lipinski definition) is 5. The highest BCUT2D eigenvalue weighted by atomic mass is 35.5. The lowest BCUT2D eigenvalue weighted by Gasteiger charge is -2.20. The van der Waals surface area contributed by atoms with Gasteiger partial charge in [0.15, 0.2) is 5.78 Å². The van der Waals surface area contributed by atoms with Crippen molar-refractivity contribution < 1.29 is 24.5 Å². The zero-order valence-electron chi connectivity index (χ0n) is 12.9. The van der Waals surface area contributed by atoms with E-state index in [1.165, 1.54) is 0 Å². The van der Waals surface area contributed by atoms with Crippen LogP contribution in [0, 0.1) is 0 Å². The molecule has 5 nitrogen and oxygen atoms in total. The number of benzene rings is 2. The van der Waals surface area contributed by atoms with Crippen LogP contribution in [-0.4, -0.2) is 28.1 Å². The summed E-state index contributed by atoms with van der Waals surface area (Å²) in [5.41, 5.74) is 1.16. The lowest BCUT2D eigenvalue weighted by atomic mass is 9.92. The maximum atomic E-state index is 12.7. The first kappa shape index (κ1) is 16.3. The number of aromatic hydroxyl groups is 2. The van der Waals surface area contributed by atoms with Crippen LogP contribution in [0.15, 0.2) is 30.3 Å². The summed E-state index contributed by atoms with van der Waals surface area (Å²) in [5.74, 6) is -1.89. The van der Waals surface area contributed by atoms with E-state index < -0.39 is 23.6 Å². The highest BCUT2D eigenvalue weighted by Gasteiger charge is 2.28. The fourth-order valence-electron chi connectivity index (χ4n) is 2.90. The Labute approximate surface area is 143 Å². The molecule has 124 valence electrons. The van der Waals surface area contributed by atoms with Gasteiger partial charge < -0.3 is 14.9 Å². The number of fused-ring (bicyclic) bond motifs is 2. The third-order valence-corrected chi connectivity index (χ3v) is 4.42. The summed E-state index contributed by atoms with van der Waals surface area (Å²) < 4.78 is 5.37. The molecule has 3 rings (SSSR count). The number of hydrogen-bond donors (Lipinski definition) is 2. The van der Waals surface area contributed by atoms with Gasteiger partial charge in [-0.3, -0.25) is 4.79 Å². The van der Waals surface area contributed by atoms with Gasteiger partial charge in [-0.15, -0.1) is 0 Å². The second-order valence-electron chi connectivity index (χ2n) is 5.76. The average molecular weight is 347 g/mol. The Morgan fingerprint density at radius 3 is 2.62 bits per heavy atom. The monoisotopic (exact) mass is 346 g/mol. The van der Waals surface area contributed by atoms with Gasteiger partial charge in [0.25, 0.3) is 0 Å². The molecule has 0 fully saturated rings. The van der Waals surface area contributed by atoms with E-state index in [0.29, 0.717) is 12.0 Å². The Morgan fingerprint density at radius 1 is 1.17 bits per heavy atom. The molecule has 1 aliphatic heterocycles. The first-order chi connectivity index (χ1) is 11.4. The molecule has 0 saturated heterocycles. The zero-order chi connectivity index (χ0) is 17.4. The summed E-state index contributed by atoms with van der Waals surface area (Å²) in [4.78, 5) is 25.1. The Bertz CT molecular complexity index is 844. The van der Waals surface area contributed by atoms with E-state index in [0.717, 1.165) is 11.6 Å². The molecule has 1 atom stereocenters. The molecule has 0 saturated carbocycles. The number of phenols is 2. The van der Waals surface area contributed by atoms with Crippen LogP contribution in [0.5, 0.6) is 11.5 Å². The zero-order valence-corrected chi connectivity index (χ0v) is 13.6. The largest absolute Gasteiger partial charge is 0.507 e. The molecular formula is C18H15ClO5. The van der Waals surface area contributed by atoms with Gasteiger partial charge >= 0.3 is 5.97 Å². The van der Waals surface area contributed by atoms with Crippen molar-refractivity contribution >= 4 is 23.4 Å². The van der Waals surface area contributed by atoms with Gasteiger partial charge in [-0.25, -0.2) is 4.79 Å². The number of carbonyl (C=O) groups is 2. The van der Waals surface area contributed by atoms with Gasteiger partial charge in [-0.1, -0.05) is 35.9 Å². The smallest absolute Gasteiger partial charge is 0.342 e. The standard InChI is InChI=1S/C18H15ClO5/c1-9-6-10-4-2-3-5-11(10)13(20)7-12-16(18(23)24-9)14(21)8-15(22)17(12)19/h2-5,8-9,21-22H,6-7H2,1H3. The molecular weight excluding hydrogens is 332 g/mol. The van der Waals surface area contributed by atoms with Crippen LogP contribution in [0.1, 0.15) is 38.8 Å². The van der Waals surface area contributed by atoms with E-state index in [1.54, 1.807) is 19.1 Å². The molecule has 1 unspecified atom stereocenters. The Hall–Kier alpha value is -2.53. The van der Waals surface area contributed by atoms with Crippen LogP contribution in [0.2, 0.25) is 5.02 Å². The van der Waals surface area contributed by atoms with Crippen molar-refractivity contribution in [3.8, 4) is 11.5 Å². The van der Waals surface area contributed by atoms with Crippen LogP contribution in [0.25, 0.3) is 0 Å². The van der Waals surface area contributed by atoms with Gasteiger partial charge in [0.05, 0.1) is 5.02 Å². The van der Waals surface area contributed by atoms with E-state index >= 15 is 0 Å². The van der Waals surface area contributed by atoms with Crippen molar-refractivity contribution in [3.05, 3.63) is 57.6 Å². The van der Waals surface area contributed by atoms with Crippen LogP contribution in [0.4, 0.5) is 0 Å². The van der Waals surface area contributed by atoms with Crippen LogP contribution in [0.3, 0.4) is 0 Å². The number of Topliss-reactive ketones (excluding diaryl/α,β-unsaturated/α-hetero) is 1. The number of ether oxygens (including phenoxy) is 1. The molecule has 6 heteroatoms. The molecule has 1 aliphatic rings. The van der Waals surface area contributed by atoms with Crippen LogP contribution < -0.4 is 0 Å². The summed E-state index contributed by atoms with van der Waals surface area (Å²) in [6, 6.07) is 8.04. The van der Waals surface area contributed by atoms with Crippen molar-refractivity contribution in [1.29, 1.82) is 0 Å². The Balaban J connectivity index is 2.21. The van der Waals surface area contributed by atoms with E-state index in [-0.39, 0.29) is 28.4 Å². The fourth-order valence-corrected chi connectivity index (χ4v) is 3.11. The number of rotatable bonds is 0. The summed E-state index contributed by atoms with van der Waals surface area (Å²) in [6.45, 7) is 1.71. The number of cyclic esters (lactones) is 1. The van der Waals surface area contributed by atoms with Gasteiger partial charge in [-0.2, -0.15) is 0 Å². The average Bonchev–Trinajstić information content (AvgIpc) is 2.51. The number of esters is 1. The minimum absolute atomic E-state index is 0.0630. The SMILES string of the molecule is CC1Cc2ccccc2C(=O)Cc2c(Cl)c(O)cc(O)c2C(=O)O1. The van der Waals surface area contributed by atoms with Crippen molar-refractivity contribution in [1.82, 2.24) is 0 Å². The number of halogens is 1. The summed E-state index contributed by atoms with van der Waals surface area (Å²) >= 11 is 6.08. The van der Waals surface area contributed by atoms with Crippen molar-refractivity contribution in [3.63, 3.8) is 0 Å². The van der Waals surface area contributed by atoms with E-state index in [2.05, 4.69) is 0 Å². The first-order valence-electron chi connectivity index (χ1n) is 7.44. The van der Waals surface area contributed by atoms with Gasteiger partial charge in [-0.05, 0) is 12.5 Å². The third kappa shape index (κ3) is 2.83. The molecule has 2 aromatic carbocycles. The quantitative estimate of drug-likeness (QED) is 0.715. The lowest BCUT2D eigenvalue weighted by Crippen LogP contribution is -2.23. The number of ketones is 1. The second kappa shape index (κ2) is 6.17. The van der Waals surface area contributed by atoms with Gasteiger partial charge in [0.2, 0.25) is 0 Å². The summed E-state index contributed by atoms with van der Waals surface area (Å²) in [6.07, 6.45) is -0.337. The minimum atomic E-state index is -0.774. The minimum Gasteiger partial charge on any atom is -0.507 e. The first-order valence-corrected chi connectivity index (χ1v) is 7.81. The van der Waals surface area contributed by atoms with Crippen LogP contribution >= 0.6 is 11.6 Å². The predicted molar refractivity (Wildman–Crippen MR) is 87.8 cm³/mol. The maximum Gasteiger partial charge on any atom is 0.342 e. The Kier molecular flexibility index (Phi) is 4.20. The lowest BCUT2D eigenvalue weighted by molar-refractivity contribution is 0.0337. The Morgan fingerprint density at radius 2 is 1.88 bits per heavy atom. The van der Waals surface area contributed by atoms with E-state index in [1.807, 2.05) is 12.1 Å². The molecule has 2 N–H and O–H groups in total. The highest BCUT2D eigenvalue weighted by Crippen LogP contribution is 2.38. The molecule has 0 aromatic heterocycles. The predicted octanol–water partition coefficient (Wildman–Crippen LogP) is 3.28. The molecule has 2 aromatic rings. The van der Waals surface area contributed by atoms with Crippen molar-refractivity contribution in [2.45, 2.75) is 25.9 Å². The number of carbonyl (C=O) groups excluding carboxylic acids is 2. The second-order valence-corrected chi connectivity index (χ2v) is 6.14. The molecule has 0 radical (unpaired) electrons. The third-order valence-electron chi connectivity index (χ3n) is 4.00. The summed E-state index contributed by atoms with van der Waals surface area (Å²) in [7, 11) is 0. The molecule has 1 heterocycles.